The predicted octanol–water partition coefficient (Wildman–Crippen LogP) is 1.41. The van der Waals surface area contributed by atoms with Crippen molar-refractivity contribution in [3.63, 3.8) is 0 Å². The van der Waals surface area contributed by atoms with Crippen LogP contribution in [0.15, 0.2) is 16.1 Å². The van der Waals surface area contributed by atoms with Crippen LogP contribution in [0.25, 0.3) is 0 Å². The maximum atomic E-state index is 10.5. The third kappa shape index (κ3) is 3.51. The van der Waals surface area contributed by atoms with E-state index < -0.39 is 5.97 Å². The number of aliphatic carboxylic acids is 1. The van der Waals surface area contributed by atoms with E-state index in [1.807, 2.05) is 13.8 Å². The van der Waals surface area contributed by atoms with Gasteiger partial charge in [-0.05, 0) is 20.8 Å². The highest BCUT2D eigenvalue weighted by molar-refractivity contribution is 5.85. The summed E-state index contributed by atoms with van der Waals surface area (Å²) >= 11 is 0. The molecule has 16 heavy (non-hydrogen) atoms. The number of hydrogen-bond acceptors (Lipinski definition) is 4. The van der Waals surface area contributed by atoms with Crippen molar-refractivity contribution in [3.05, 3.63) is 29.0 Å². The Bertz CT molecular complexity index is 388. The second-order valence-corrected chi connectivity index (χ2v) is 3.57. The van der Waals surface area contributed by atoms with Gasteiger partial charge >= 0.3 is 5.97 Å². The first-order chi connectivity index (χ1) is 7.50. The van der Waals surface area contributed by atoms with E-state index in [1.54, 1.807) is 13.0 Å². The van der Waals surface area contributed by atoms with Crippen LogP contribution in [-0.2, 0) is 11.3 Å². The number of hydrogen-bond donors (Lipinski definition) is 2. The lowest BCUT2D eigenvalue weighted by molar-refractivity contribution is -0.132. The topological polar surface area (TPSA) is 75.4 Å². The summed E-state index contributed by atoms with van der Waals surface area (Å²) in [6.45, 7) is 6.29. The Morgan fingerprint density at radius 2 is 2.25 bits per heavy atom. The zero-order valence-corrected chi connectivity index (χ0v) is 9.70. The van der Waals surface area contributed by atoms with Crippen LogP contribution in [0.1, 0.15) is 24.3 Å². The number of carboxylic acids is 1. The van der Waals surface area contributed by atoms with Crippen molar-refractivity contribution < 1.29 is 14.3 Å². The Hall–Kier alpha value is -1.62. The van der Waals surface area contributed by atoms with Gasteiger partial charge in [-0.1, -0.05) is 6.08 Å². The highest BCUT2D eigenvalue weighted by Crippen LogP contribution is 2.07. The van der Waals surface area contributed by atoms with E-state index in [4.69, 9.17) is 9.52 Å². The molecule has 0 spiro atoms. The fourth-order valence-electron chi connectivity index (χ4n) is 1.11. The number of rotatable bonds is 5. The number of aromatic nitrogens is 1. The number of aryl methyl sites for hydroxylation is 2. The lowest BCUT2D eigenvalue weighted by atomic mass is 10.3. The Labute approximate surface area is 94.2 Å². The van der Waals surface area contributed by atoms with Gasteiger partial charge in [-0.2, -0.15) is 0 Å². The zero-order valence-electron chi connectivity index (χ0n) is 9.70. The molecule has 0 unspecified atom stereocenters. The highest BCUT2D eigenvalue weighted by Gasteiger charge is 2.04. The van der Waals surface area contributed by atoms with Crippen molar-refractivity contribution in [2.24, 2.45) is 0 Å². The molecule has 0 amide bonds. The second-order valence-electron chi connectivity index (χ2n) is 3.57. The molecule has 1 aromatic heterocycles. The van der Waals surface area contributed by atoms with Crippen LogP contribution < -0.4 is 5.32 Å². The molecule has 88 valence electrons. The number of nitrogens with zero attached hydrogens (tertiary/aromatic N) is 1. The summed E-state index contributed by atoms with van der Waals surface area (Å²) < 4.78 is 5.36. The summed E-state index contributed by atoms with van der Waals surface area (Å²) in [4.78, 5) is 14.7. The molecule has 5 nitrogen and oxygen atoms in total. The molecule has 0 aliphatic carbocycles. The molecule has 0 aliphatic heterocycles. The van der Waals surface area contributed by atoms with Gasteiger partial charge in [-0.25, -0.2) is 9.78 Å². The molecule has 0 saturated carbocycles. The van der Waals surface area contributed by atoms with Crippen LogP contribution >= 0.6 is 0 Å². The quantitative estimate of drug-likeness (QED) is 0.584. The van der Waals surface area contributed by atoms with E-state index in [0.29, 0.717) is 24.6 Å². The van der Waals surface area contributed by atoms with Crippen molar-refractivity contribution in [3.8, 4) is 0 Å². The minimum absolute atomic E-state index is 0.326. The Balaban J connectivity index is 2.36. The van der Waals surface area contributed by atoms with Gasteiger partial charge in [0.2, 0.25) is 5.89 Å². The van der Waals surface area contributed by atoms with Crippen molar-refractivity contribution in [2.75, 3.05) is 6.54 Å². The molecule has 0 aromatic carbocycles. The maximum Gasteiger partial charge on any atom is 0.330 e. The number of oxazole rings is 1. The molecule has 0 fully saturated rings. The molecule has 1 heterocycles. The molecule has 2 N–H and O–H groups in total. The fourth-order valence-corrected chi connectivity index (χ4v) is 1.11. The summed E-state index contributed by atoms with van der Waals surface area (Å²) in [7, 11) is 0. The third-order valence-electron chi connectivity index (χ3n) is 2.24. The van der Waals surface area contributed by atoms with Crippen molar-refractivity contribution >= 4 is 5.97 Å². The first-order valence-electron chi connectivity index (χ1n) is 5.04. The van der Waals surface area contributed by atoms with Gasteiger partial charge in [-0.3, -0.25) is 0 Å². The maximum absolute atomic E-state index is 10.5. The van der Waals surface area contributed by atoms with Gasteiger partial charge in [0, 0.05) is 12.1 Å². The smallest absolute Gasteiger partial charge is 0.330 e. The molecule has 0 bridgehead atoms. The lowest BCUT2D eigenvalue weighted by Gasteiger charge is -1.97. The molecular weight excluding hydrogens is 208 g/mol. The first-order valence-corrected chi connectivity index (χ1v) is 5.04. The van der Waals surface area contributed by atoms with Gasteiger partial charge in [0.05, 0.1) is 12.2 Å². The largest absolute Gasteiger partial charge is 0.478 e. The van der Waals surface area contributed by atoms with Crippen molar-refractivity contribution in [1.82, 2.24) is 10.3 Å². The highest BCUT2D eigenvalue weighted by atomic mass is 16.4. The van der Waals surface area contributed by atoms with Crippen LogP contribution in [0.3, 0.4) is 0 Å². The summed E-state index contributed by atoms with van der Waals surface area (Å²) in [5.41, 5.74) is 1.21. The van der Waals surface area contributed by atoms with Crippen LogP contribution in [0.4, 0.5) is 0 Å². The van der Waals surface area contributed by atoms with E-state index >= 15 is 0 Å². The van der Waals surface area contributed by atoms with Crippen LogP contribution in [-0.4, -0.2) is 22.6 Å². The average molecular weight is 224 g/mol. The van der Waals surface area contributed by atoms with Gasteiger partial charge < -0.3 is 14.8 Å². The van der Waals surface area contributed by atoms with Crippen LogP contribution in [0, 0.1) is 13.8 Å². The Morgan fingerprint density at radius 1 is 1.56 bits per heavy atom. The van der Waals surface area contributed by atoms with Crippen molar-refractivity contribution in [2.45, 2.75) is 27.3 Å². The molecule has 1 aromatic rings. The summed E-state index contributed by atoms with van der Waals surface area (Å²) in [5, 5.41) is 11.6. The normalized spacial score (nSPS) is 11.8. The zero-order chi connectivity index (χ0) is 12.1. The summed E-state index contributed by atoms with van der Waals surface area (Å²) in [6.07, 6.45) is 1.62. The number of nitrogens with one attached hydrogen (secondary N) is 1. The standard InChI is InChI=1S/C11H16N2O3/c1-7(11(14)15)4-5-12-6-10-13-8(2)9(3)16-10/h4,12H,5-6H2,1-3H3,(H,14,15). The predicted molar refractivity (Wildman–Crippen MR) is 59.1 cm³/mol. The Kier molecular flexibility index (Phi) is 4.25. The van der Waals surface area contributed by atoms with E-state index in [2.05, 4.69) is 10.3 Å². The molecular formula is C11H16N2O3. The van der Waals surface area contributed by atoms with Gasteiger partial charge in [0.1, 0.15) is 5.76 Å². The minimum Gasteiger partial charge on any atom is -0.478 e. The van der Waals surface area contributed by atoms with Crippen LogP contribution in [0.2, 0.25) is 0 Å². The van der Waals surface area contributed by atoms with Gasteiger partial charge in [0.15, 0.2) is 0 Å². The fraction of sp³-hybridized carbons (Fsp3) is 0.455. The molecule has 5 heteroatoms. The van der Waals surface area contributed by atoms with Gasteiger partial charge in [-0.15, -0.1) is 0 Å². The third-order valence-corrected chi connectivity index (χ3v) is 2.24. The van der Waals surface area contributed by atoms with Crippen LogP contribution in [0.5, 0.6) is 0 Å². The van der Waals surface area contributed by atoms with E-state index in [0.717, 1.165) is 11.5 Å². The SMILES string of the molecule is CC(=CCNCc1nc(C)c(C)o1)C(=O)O. The number of carboxylic acid groups (broad SMARTS) is 1. The second kappa shape index (κ2) is 5.46. The first kappa shape index (κ1) is 12.4. The van der Waals surface area contributed by atoms with Gasteiger partial charge in [0.25, 0.3) is 0 Å². The molecule has 0 saturated heterocycles. The molecule has 0 radical (unpaired) electrons. The van der Waals surface area contributed by atoms with E-state index in [9.17, 15) is 4.79 Å². The molecule has 0 atom stereocenters. The van der Waals surface area contributed by atoms with Crippen molar-refractivity contribution in [1.29, 1.82) is 0 Å². The number of carbonyl (C=O) groups is 1. The summed E-state index contributed by atoms with van der Waals surface area (Å²) in [5.74, 6) is 0.537. The Morgan fingerprint density at radius 3 is 2.75 bits per heavy atom. The van der Waals surface area contributed by atoms with E-state index in [1.165, 1.54) is 0 Å². The monoisotopic (exact) mass is 224 g/mol. The van der Waals surface area contributed by atoms with E-state index in [-0.39, 0.29) is 0 Å². The lowest BCUT2D eigenvalue weighted by Crippen LogP contribution is -2.14. The average Bonchev–Trinajstić information content (AvgIpc) is 2.53. The molecule has 0 aliphatic rings. The molecule has 1 rings (SSSR count). The minimum atomic E-state index is -0.899. The summed E-state index contributed by atoms with van der Waals surface area (Å²) in [6, 6.07) is 0.